The topological polar surface area (TPSA) is 50.3 Å². The first kappa shape index (κ1) is 15.3. The van der Waals surface area contributed by atoms with Crippen LogP contribution in [0.1, 0.15) is 16.7 Å². The molecule has 0 unspecified atom stereocenters. The number of aryl methyl sites for hydroxylation is 1. The number of aromatic nitrogens is 1. The van der Waals surface area contributed by atoms with Crippen LogP contribution >= 0.6 is 0 Å². The average molecular weight is 338 g/mol. The van der Waals surface area contributed by atoms with Gasteiger partial charge >= 0.3 is 0 Å². The predicted molar refractivity (Wildman–Crippen MR) is 94.2 cm³/mol. The first-order valence-corrected chi connectivity index (χ1v) is 9.42. The molecule has 0 radical (unpaired) electrons. The highest BCUT2D eigenvalue weighted by Crippen LogP contribution is 2.28. The summed E-state index contributed by atoms with van der Waals surface area (Å²) < 4.78 is 27.7. The smallest absolute Gasteiger partial charge is 0.243 e. The fourth-order valence-corrected chi connectivity index (χ4v) is 4.71. The van der Waals surface area contributed by atoms with Crippen LogP contribution in [0.15, 0.2) is 59.6 Å². The lowest BCUT2D eigenvalue weighted by Gasteiger charge is -2.29. The number of rotatable bonds is 2. The highest BCUT2D eigenvalue weighted by Gasteiger charge is 2.29. The Morgan fingerprint density at radius 1 is 1.08 bits per heavy atom. The summed E-state index contributed by atoms with van der Waals surface area (Å²) in [5.41, 5.74) is 4.23. The third-order valence-electron chi connectivity index (χ3n) is 4.69. The van der Waals surface area contributed by atoms with Crippen LogP contribution in [0.5, 0.6) is 0 Å². The van der Waals surface area contributed by atoms with Gasteiger partial charge in [0, 0.05) is 24.7 Å². The molecule has 0 saturated heterocycles. The molecular formula is C19H18N2O2S. The van der Waals surface area contributed by atoms with Gasteiger partial charge in [-0.2, -0.15) is 4.31 Å². The molecule has 1 aromatic heterocycles. The van der Waals surface area contributed by atoms with E-state index in [2.05, 4.69) is 11.1 Å². The van der Waals surface area contributed by atoms with Gasteiger partial charge in [-0.25, -0.2) is 8.42 Å². The fraction of sp³-hybridized carbons (Fsp3) is 0.211. The van der Waals surface area contributed by atoms with Crippen molar-refractivity contribution in [1.29, 1.82) is 0 Å². The maximum atomic E-state index is 13.1. The van der Waals surface area contributed by atoms with Crippen LogP contribution in [0, 0.1) is 6.92 Å². The molecule has 122 valence electrons. The number of hydrogen-bond acceptors (Lipinski definition) is 3. The summed E-state index contributed by atoms with van der Waals surface area (Å²) in [6.45, 7) is 2.98. The van der Waals surface area contributed by atoms with Crippen molar-refractivity contribution >= 4 is 20.9 Å². The van der Waals surface area contributed by atoms with E-state index in [-0.39, 0.29) is 0 Å². The molecule has 1 aliphatic heterocycles. The van der Waals surface area contributed by atoms with E-state index in [1.165, 1.54) is 5.56 Å². The summed E-state index contributed by atoms with van der Waals surface area (Å²) in [7, 11) is -3.52. The number of pyridine rings is 1. The summed E-state index contributed by atoms with van der Waals surface area (Å²) >= 11 is 0. The lowest BCUT2D eigenvalue weighted by Crippen LogP contribution is -2.36. The van der Waals surface area contributed by atoms with Crippen LogP contribution in [0.25, 0.3) is 10.9 Å². The maximum absolute atomic E-state index is 13.1. The van der Waals surface area contributed by atoms with Gasteiger partial charge in [-0.3, -0.25) is 4.98 Å². The Morgan fingerprint density at radius 2 is 1.96 bits per heavy atom. The minimum Gasteiger partial charge on any atom is -0.256 e. The zero-order valence-corrected chi connectivity index (χ0v) is 14.3. The number of fused-ring (bicyclic) bond motifs is 2. The van der Waals surface area contributed by atoms with Crippen molar-refractivity contribution in [1.82, 2.24) is 9.29 Å². The van der Waals surface area contributed by atoms with Crippen LogP contribution in [-0.4, -0.2) is 24.3 Å². The minimum atomic E-state index is -3.52. The molecule has 2 aromatic carbocycles. The Bertz CT molecular complexity index is 1030. The second kappa shape index (κ2) is 5.69. The fourth-order valence-electron chi connectivity index (χ4n) is 3.29. The van der Waals surface area contributed by atoms with Gasteiger partial charge in [-0.05, 0) is 48.2 Å². The molecule has 0 saturated carbocycles. The lowest BCUT2D eigenvalue weighted by molar-refractivity contribution is 0.390. The molecule has 0 fully saturated rings. The van der Waals surface area contributed by atoms with Crippen molar-refractivity contribution < 1.29 is 8.42 Å². The normalized spacial score (nSPS) is 15.4. The van der Waals surface area contributed by atoms with E-state index in [4.69, 9.17) is 0 Å². The molecule has 0 bridgehead atoms. The van der Waals surface area contributed by atoms with Crippen molar-refractivity contribution in [2.75, 3.05) is 6.54 Å². The van der Waals surface area contributed by atoms with Gasteiger partial charge in [0.1, 0.15) is 0 Å². The Morgan fingerprint density at radius 3 is 2.83 bits per heavy atom. The standard InChI is InChI=1S/C19H18N2O2S/c1-14-4-2-5-15-9-11-21(13-18(14)15)24(22,23)17-8-7-16-6-3-10-20-19(16)12-17/h2-8,10,12H,9,11,13H2,1H3. The molecule has 1 aliphatic rings. The van der Waals surface area contributed by atoms with Gasteiger partial charge < -0.3 is 0 Å². The molecule has 0 aliphatic carbocycles. The molecule has 4 nitrogen and oxygen atoms in total. The van der Waals surface area contributed by atoms with E-state index in [0.29, 0.717) is 23.5 Å². The summed E-state index contributed by atoms with van der Waals surface area (Å²) in [6.07, 6.45) is 2.43. The van der Waals surface area contributed by atoms with Crippen molar-refractivity contribution in [2.45, 2.75) is 24.8 Å². The van der Waals surface area contributed by atoms with Crippen LogP contribution in [-0.2, 0) is 23.0 Å². The third kappa shape index (κ3) is 2.50. The zero-order chi connectivity index (χ0) is 16.7. The second-order valence-electron chi connectivity index (χ2n) is 6.16. The minimum absolute atomic E-state index is 0.311. The van der Waals surface area contributed by atoms with Gasteiger partial charge in [0.15, 0.2) is 0 Å². The molecule has 5 heteroatoms. The molecule has 0 atom stereocenters. The van der Waals surface area contributed by atoms with Crippen LogP contribution in [0.4, 0.5) is 0 Å². The van der Waals surface area contributed by atoms with E-state index in [1.807, 2.05) is 37.3 Å². The largest absolute Gasteiger partial charge is 0.256 e. The van der Waals surface area contributed by atoms with Crippen LogP contribution < -0.4 is 0 Å². The Hall–Kier alpha value is -2.24. The van der Waals surface area contributed by atoms with Gasteiger partial charge in [-0.15, -0.1) is 0 Å². The van der Waals surface area contributed by atoms with Crippen molar-refractivity contribution in [3.05, 3.63) is 71.4 Å². The van der Waals surface area contributed by atoms with Crippen LogP contribution in [0.2, 0.25) is 0 Å². The van der Waals surface area contributed by atoms with Crippen molar-refractivity contribution in [3.63, 3.8) is 0 Å². The maximum Gasteiger partial charge on any atom is 0.243 e. The molecule has 0 amide bonds. The van der Waals surface area contributed by atoms with Crippen molar-refractivity contribution in [3.8, 4) is 0 Å². The number of sulfonamides is 1. The first-order chi connectivity index (χ1) is 11.6. The van der Waals surface area contributed by atoms with Gasteiger partial charge in [0.2, 0.25) is 10.0 Å². The molecule has 24 heavy (non-hydrogen) atoms. The van der Waals surface area contributed by atoms with E-state index in [9.17, 15) is 8.42 Å². The number of hydrogen-bond donors (Lipinski definition) is 0. The summed E-state index contributed by atoms with van der Waals surface area (Å²) in [5.74, 6) is 0. The summed E-state index contributed by atoms with van der Waals surface area (Å²) in [5, 5.41) is 0.941. The van der Waals surface area contributed by atoms with Gasteiger partial charge in [0.25, 0.3) is 0 Å². The lowest BCUT2D eigenvalue weighted by atomic mass is 9.97. The predicted octanol–water partition coefficient (Wildman–Crippen LogP) is 3.29. The Kier molecular flexibility index (Phi) is 3.62. The molecule has 3 aromatic rings. The monoisotopic (exact) mass is 338 g/mol. The van der Waals surface area contributed by atoms with Gasteiger partial charge in [0.05, 0.1) is 10.4 Å². The van der Waals surface area contributed by atoms with E-state index >= 15 is 0 Å². The molecular weight excluding hydrogens is 320 g/mol. The quantitative estimate of drug-likeness (QED) is 0.720. The Labute approximate surface area is 141 Å². The summed E-state index contributed by atoms with van der Waals surface area (Å²) in [6, 6.07) is 15.1. The van der Waals surface area contributed by atoms with Crippen LogP contribution in [0.3, 0.4) is 0 Å². The average Bonchev–Trinajstić information content (AvgIpc) is 2.61. The highest BCUT2D eigenvalue weighted by atomic mass is 32.2. The molecule has 0 spiro atoms. The third-order valence-corrected chi connectivity index (χ3v) is 6.53. The van der Waals surface area contributed by atoms with Gasteiger partial charge in [-0.1, -0.05) is 30.3 Å². The Balaban J connectivity index is 1.73. The van der Waals surface area contributed by atoms with Crippen molar-refractivity contribution in [2.24, 2.45) is 0 Å². The summed E-state index contributed by atoms with van der Waals surface area (Å²) in [4.78, 5) is 4.58. The molecule has 0 N–H and O–H groups in total. The SMILES string of the molecule is Cc1cccc2c1CN(S(=O)(=O)c1ccc3cccnc3c1)CC2. The number of nitrogens with zero attached hydrogens (tertiary/aromatic N) is 2. The van der Waals surface area contributed by atoms with E-state index < -0.39 is 10.0 Å². The molecule has 2 heterocycles. The first-order valence-electron chi connectivity index (χ1n) is 7.98. The molecule has 4 rings (SSSR count). The number of benzene rings is 2. The second-order valence-corrected chi connectivity index (χ2v) is 8.10. The highest BCUT2D eigenvalue weighted by molar-refractivity contribution is 7.89. The zero-order valence-electron chi connectivity index (χ0n) is 13.4. The van der Waals surface area contributed by atoms with E-state index in [1.54, 1.807) is 22.6 Å². The van der Waals surface area contributed by atoms with E-state index in [0.717, 1.165) is 22.9 Å².